The topological polar surface area (TPSA) is 57.4 Å². The van der Waals surface area contributed by atoms with Gasteiger partial charge in [-0.05, 0) is 47.1 Å². The second-order valence-electron chi connectivity index (χ2n) is 4.80. The normalized spacial score (nSPS) is 18.1. The largest absolute Gasteiger partial charge is 0.280 e. The van der Waals surface area contributed by atoms with Crippen LogP contribution in [0.4, 0.5) is 11.4 Å². The van der Waals surface area contributed by atoms with Gasteiger partial charge in [-0.25, -0.2) is 0 Å². The van der Waals surface area contributed by atoms with Crippen LogP contribution in [0.15, 0.2) is 74.4 Å². The highest BCUT2D eigenvalue weighted by atomic mass is 79.9. The maximum atomic E-state index is 12.5. The van der Waals surface area contributed by atoms with Crippen LogP contribution in [-0.2, 0) is 4.79 Å². The highest BCUT2D eigenvalue weighted by molar-refractivity contribution is 9.10. The molecule has 2 aromatic rings. The number of hydrazone groups is 1. The second-order valence-corrected chi connectivity index (χ2v) is 5.65. The van der Waals surface area contributed by atoms with Crippen molar-refractivity contribution >= 4 is 38.9 Å². The van der Waals surface area contributed by atoms with E-state index >= 15 is 0 Å². The standard InChI is InChI=1S/C16H13BrN4O/c1-11-15(19-18-14-10-6-5-9-13(14)17)16(22)21(20-11)12-7-3-2-4-8-12/h2-10,15H,1H3/t15-/m1/s1. The number of rotatable bonds is 3. The minimum absolute atomic E-state index is 0.195. The Kier molecular flexibility index (Phi) is 4.11. The summed E-state index contributed by atoms with van der Waals surface area (Å²) in [5.74, 6) is -0.195. The molecule has 3 rings (SSSR count). The molecule has 0 radical (unpaired) electrons. The van der Waals surface area contributed by atoms with Crippen molar-refractivity contribution < 1.29 is 4.79 Å². The Hall–Kier alpha value is -2.34. The monoisotopic (exact) mass is 356 g/mol. The summed E-state index contributed by atoms with van der Waals surface area (Å²) in [7, 11) is 0. The molecule has 0 spiro atoms. The number of anilines is 1. The van der Waals surface area contributed by atoms with Crippen LogP contribution >= 0.6 is 15.9 Å². The molecule has 1 aliphatic rings. The van der Waals surface area contributed by atoms with E-state index in [2.05, 4.69) is 31.3 Å². The fraction of sp³-hybridized carbons (Fsp3) is 0.125. The average molecular weight is 357 g/mol. The number of hydrogen-bond acceptors (Lipinski definition) is 4. The quantitative estimate of drug-likeness (QED) is 0.755. The van der Waals surface area contributed by atoms with Gasteiger partial charge in [0.15, 0.2) is 6.04 Å². The first kappa shape index (κ1) is 14.6. The van der Waals surface area contributed by atoms with Crippen LogP contribution < -0.4 is 5.01 Å². The van der Waals surface area contributed by atoms with Crippen LogP contribution in [0.25, 0.3) is 0 Å². The van der Waals surface area contributed by atoms with Gasteiger partial charge in [-0.15, -0.1) is 0 Å². The van der Waals surface area contributed by atoms with E-state index in [0.29, 0.717) is 11.4 Å². The number of para-hydroxylation sites is 1. The summed E-state index contributed by atoms with van der Waals surface area (Å²) in [5.41, 5.74) is 2.04. The Balaban J connectivity index is 1.83. The highest BCUT2D eigenvalue weighted by Gasteiger charge is 2.34. The molecule has 0 fully saturated rings. The van der Waals surface area contributed by atoms with E-state index < -0.39 is 6.04 Å². The first-order valence-corrected chi connectivity index (χ1v) is 7.55. The van der Waals surface area contributed by atoms with Gasteiger partial charge in [-0.2, -0.15) is 20.3 Å². The second kappa shape index (κ2) is 6.19. The van der Waals surface area contributed by atoms with Gasteiger partial charge in [-0.3, -0.25) is 4.79 Å². The molecule has 0 aliphatic carbocycles. The van der Waals surface area contributed by atoms with Crippen molar-refractivity contribution in [3.8, 4) is 0 Å². The maximum Gasteiger partial charge on any atom is 0.280 e. The molecule has 1 atom stereocenters. The van der Waals surface area contributed by atoms with Crippen LogP contribution in [0.3, 0.4) is 0 Å². The zero-order valence-electron chi connectivity index (χ0n) is 11.8. The van der Waals surface area contributed by atoms with Crippen LogP contribution in [0, 0.1) is 0 Å². The molecule has 6 heteroatoms. The molecule has 2 aromatic carbocycles. The number of halogens is 1. The zero-order chi connectivity index (χ0) is 15.5. The molecule has 5 nitrogen and oxygen atoms in total. The van der Waals surface area contributed by atoms with Crippen LogP contribution in [0.1, 0.15) is 6.92 Å². The lowest BCUT2D eigenvalue weighted by Crippen LogP contribution is -2.29. The van der Waals surface area contributed by atoms with E-state index in [1.807, 2.05) is 54.6 Å². The molecule has 1 aliphatic heterocycles. The average Bonchev–Trinajstić information content (AvgIpc) is 2.82. The van der Waals surface area contributed by atoms with E-state index in [9.17, 15) is 4.79 Å². The third-order valence-corrected chi connectivity index (χ3v) is 3.90. The number of carbonyl (C=O) groups is 1. The molecule has 0 bridgehead atoms. The van der Waals surface area contributed by atoms with Crippen molar-refractivity contribution in [1.29, 1.82) is 0 Å². The summed E-state index contributed by atoms with van der Waals surface area (Å²) in [5, 5.41) is 14.0. The molecule has 22 heavy (non-hydrogen) atoms. The summed E-state index contributed by atoms with van der Waals surface area (Å²) in [6, 6.07) is 16.1. The van der Waals surface area contributed by atoms with Crippen molar-refractivity contribution in [3.63, 3.8) is 0 Å². The fourth-order valence-electron chi connectivity index (χ4n) is 2.10. The lowest BCUT2D eigenvalue weighted by Gasteiger charge is -2.11. The van der Waals surface area contributed by atoms with Crippen LogP contribution in [-0.4, -0.2) is 17.7 Å². The van der Waals surface area contributed by atoms with E-state index in [4.69, 9.17) is 0 Å². The Morgan fingerprint density at radius 3 is 2.50 bits per heavy atom. The lowest BCUT2D eigenvalue weighted by molar-refractivity contribution is -0.117. The summed E-state index contributed by atoms with van der Waals surface area (Å²) in [6.07, 6.45) is 0. The SMILES string of the molecule is CC1=NN(c2ccccc2)C(=O)[C@@H]1N=Nc1ccccc1Br. The van der Waals surface area contributed by atoms with E-state index in [1.165, 1.54) is 5.01 Å². The minimum atomic E-state index is -0.674. The molecule has 0 aromatic heterocycles. The van der Waals surface area contributed by atoms with Crippen molar-refractivity contribution in [3.05, 3.63) is 59.1 Å². The van der Waals surface area contributed by atoms with E-state index in [1.54, 1.807) is 6.92 Å². The predicted molar refractivity (Wildman–Crippen MR) is 89.5 cm³/mol. The Morgan fingerprint density at radius 1 is 1.09 bits per heavy atom. The maximum absolute atomic E-state index is 12.5. The van der Waals surface area contributed by atoms with E-state index in [-0.39, 0.29) is 5.91 Å². The van der Waals surface area contributed by atoms with Crippen molar-refractivity contribution in [1.82, 2.24) is 0 Å². The Labute approximate surface area is 136 Å². The molecule has 0 unspecified atom stereocenters. The molecule has 110 valence electrons. The molecular weight excluding hydrogens is 344 g/mol. The van der Waals surface area contributed by atoms with E-state index in [0.717, 1.165) is 10.2 Å². The number of nitrogens with zero attached hydrogens (tertiary/aromatic N) is 4. The van der Waals surface area contributed by atoms with Gasteiger partial charge in [0.05, 0.1) is 17.1 Å². The first-order valence-electron chi connectivity index (χ1n) is 6.76. The van der Waals surface area contributed by atoms with Gasteiger partial charge in [-0.1, -0.05) is 30.3 Å². The number of amides is 1. The summed E-state index contributed by atoms with van der Waals surface area (Å²) in [4.78, 5) is 12.5. The Bertz CT molecular complexity index is 758. The zero-order valence-corrected chi connectivity index (χ0v) is 13.4. The number of benzene rings is 2. The van der Waals surface area contributed by atoms with Crippen LogP contribution in [0.2, 0.25) is 0 Å². The summed E-state index contributed by atoms with van der Waals surface area (Å²) < 4.78 is 0.832. The molecule has 0 saturated carbocycles. The minimum Gasteiger partial charge on any atom is -0.269 e. The summed E-state index contributed by atoms with van der Waals surface area (Å²) >= 11 is 3.41. The number of hydrogen-bond donors (Lipinski definition) is 0. The molecule has 0 N–H and O–H groups in total. The fourth-order valence-corrected chi connectivity index (χ4v) is 2.46. The molecule has 1 heterocycles. The van der Waals surface area contributed by atoms with Gasteiger partial charge in [0.25, 0.3) is 5.91 Å². The van der Waals surface area contributed by atoms with Crippen molar-refractivity contribution in [2.24, 2.45) is 15.3 Å². The predicted octanol–water partition coefficient (Wildman–Crippen LogP) is 4.32. The lowest BCUT2D eigenvalue weighted by atomic mass is 10.2. The summed E-state index contributed by atoms with van der Waals surface area (Å²) in [6.45, 7) is 1.78. The van der Waals surface area contributed by atoms with Crippen molar-refractivity contribution in [2.45, 2.75) is 13.0 Å². The first-order chi connectivity index (χ1) is 10.7. The van der Waals surface area contributed by atoms with Gasteiger partial charge < -0.3 is 0 Å². The highest BCUT2D eigenvalue weighted by Crippen LogP contribution is 2.27. The molecule has 0 saturated heterocycles. The molecular formula is C16H13BrN4O. The Morgan fingerprint density at radius 2 is 1.77 bits per heavy atom. The molecule has 1 amide bonds. The van der Waals surface area contributed by atoms with Gasteiger partial charge in [0.2, 0.25) is 0 Å². The van der Waals surface area contributed by atoms with Gasteiger partial charge in [0, 0.05) is 4.47 Å². The smallest absolute Gasteiger partial charge is 0.269 e. The number of carbonyl (C=O) groups excluding carboxylic acids is 1. The third-order valence-electron chi connectivity index (χ3n) is 3.23. The van der Waals surface area contributed by atoms with Gasteiger partial charge >= 0.3 is 0 Å². The van der Waals surface area contributed by atoms with Crippen molar-refractivity contribution in [2.75, 3.05) is 5.01 Å². The number of azo groups is 1. The van der Waals surface area contributed by atoms with Gasteiger partial charge in [0.1, 0.15) is 0 Å². The third kappa shape index (κ3) is 2.82. The van der Waals surface area contributed by atoms with Crippen LogP contribution in [0.5, 0.6) is 0 Å².